The summed E-state index contributed by atoms with van der Waals surface area (Å²) in [7, 11) is 0. The van der Waals surface area contributed by atoms with Crippen LogP contribution in [0.1, 0.15) is 5.56 Å². The summed E-state index contributed by atoms with van der Waals surface area (Å²) in [5, 5.41) is 0.650. The summed E-state index contributed by atoms with van der Waals surface area (Å²) in [6.07, 6.45) is 0. The number of nitrogens with zero attached hydrogens (tertiary/aromatic N) is 1. The van der Waals surface area contributed by atoms with E-state index in [2.05, 4.69) is 4.98 Å². The molecule has 0 aliphatic rings. The smallest absolute Gasteiger partial charge is 0.131 e. The van der Waals surface area contributed by atoms with Crippen LogP contribution in [0.4, 0.5) is 4.39 Å². The number of hydrogen-bond acceptors (Lipinski definition) is 1. The highest BCUT2D eigenvalue weighted by Gasteiger charge is 2.06. The van der Waals surface area contributed by atoms with Gasteiger partial charge in [0.15, 0.2) is 0 Å². The largest absolute Gasteiger partial charge is 0.224 e. The van der Waals surface area contributed by atoms with Crippen molar-refractivity contribution in [3.8, 4) is 11.1 Å². The van der Waals surface area contributed by atoms with E-state index in [1.807, 2.05) is 6.92 Å². The van der Waals surface area contributed by atoms with Crippen molar-refractivity contribution in [3.63, 3.8) is 0 Å². The first-order chi connectivity index (χ1) is 7.56. The minimum absolute atomic E-state index is 0.257. The van der Waals surface area contributed by atoms with Crippen LogP contribution in [-0.4, -0.2) is 4.98 Å². The number of hydrogen-bond donors (Lipinski definition) is 0. The summed E-state index contributed by atoms with van der Waals surface area (Å²) in [6, 6.07) is 7.98. The highest BCUT2D eigenvalue weighted by atomic mass is 35.5. The molecule has 0 fully saturated rings. The van der Waals surface area contributed by atoms with Crippen molar-refractivity contribution in [2.24, 2.45) is 0 Å². The number of pyridine rings is 1. The summed E-state index contributed by atoms with van der Waals surface area (Å²) in [4.78, 5) is 3.86. The first-order valence-corrected chi connectivity index (χ1v) is 5.41. The molecule has 0 saturated heterocycles. The van der Waals surface area contributed by atoms with Gasteiger partial charge in [-0.2, -0.15) is 0 Å². The van der Waals surface area contributed by atoms with Gasteiger partial charge in [-0.3, -0.25) is 0 Å². The van der Waals surface area contributed by atoms with Gasteiger partial charge >= 0.3 is 0 Å². The predicted octanol–water partition coefficient (Wildman–Crippen LogP) is 4.50. The van der Waals surface area contributed by atoms with Gasteiger partial charge < -0.3 is 0 Å². The molecule has 0 radical (unpaired) electrons. The SMILES string of the molecule is Cc1cc(F)ccc1-c1cc(Cl)nc(Cl)c1. The van der Waals surface area contributed by atoms with E-state index in [4.69, 9.17) is 23.2 Å². The van der Waals surface area contributed by atoms with Crippen LogP contribution in [0.5, 0.6) is 0 Å². The third kappa shape index (κ3) is 2.34. The number of aromatic nitrogens is 1. The van der Waals surface area contributed by atoms with Crippen molar-refractivity contribution in [1.29, 1.82) is 0 Å². The second kappa shape index (κ2) is 4.40. The molecule has 4 heteroatoms. The lowest BCUT2D eigenvalue weighted by atomic mass is 10.0. The zero-order valence-corrected chi connectivity index (χ0v) is 9.98. The van der Waals surface area contributed by atoms with Gasteiger partial charge in [-0.1, -0.05) is 29.3 Å². The van der Waals surface area contributed by atoms with E-state index in [0.717, 1.165) is 16.7 Å². The van der Waals surface area contributed by atoms with Crippen LogP contribution < -0.4 is 0 Å². The molecule has 0 aliphatic carbocycles. The Hall–Kier alpha value is -1.12. The average Bonchev–Trinajstić information content (AvgIpc) is 2.15. The van der Waals surface area contributed by atoms with Crippen LogP contribution in [0.3, 0.4) is 0 Å². The first kappa shape index (κ1) is 11.4. The van der Waals surface area contributed by atoms with Gasteiger partial charge in [-0.25, -0.2) is 9.37 Å². The second-order valence-corrected chi connectivity index (χ2v) is 4.24. The maximum Gasteiger partial charge on any atom is 0.131 e. The number of rotatable bonds is 1. The van der Waals surface area contributed by atoms with Gasteiger partial charge in [0.25, 0.3) is 0 Å². The van der Waals surface area contributed by atoms with E-state index < -0.39 is 0 Å². The monoisotopic (exact) mass is 255 g/mol. The summed E-state index contributed by atoms with van der Waals surface area (Å²) in [5.41, 5.74) is 2.56. The van der Waals surface area contributed by atoms with Gasteiger partial charge in [0.2, 0.25) is 0 Å². The van der Waals surface area contributed by atoms with E-state index >= 15 is 0 Å². The van der Waals surface area contributed by atoms with Crippen LogP contribution in [0, 0.1) is 12.7 Å². The Labute approximate surface area is 103 Å². The second-order valence-electron chi connectivity index (χ2n) is 3.46. The zero-order valence-electron chi connectivity index (χ0n) is 8.47. The number of aryl methyl sites for hydroxylation is 1. The quantitative estimate of drug-likeness (QED) is 0.684. The molecule has 2 aromatic rings. The molecular formula is C12H8Cl2FN. The fourth-order valence-corrected chi connectivity index (χ4v) is 2.03. The third-order valence-corrected chi connectivity index (χ3v) is 2.65. The molecule has 0 spiro atoms. The minimum Gasteiger partial charge on any atom is -0.224 e. The lowest BCUT2D eigenvalue weighted by Crippen LogP contribution is -1.87. The molecule has 0 saturated carbocycles. The Morgan fingerprint density at radius 1 is 1.06 bits per heavy atom. The maximum atomic E-state index is 13.0. The van der Waals surface area contributed by atoms with E-state index in [1.54, 1.807) is 18.2 Å². The van der Waals surface area contributed by atoms with Gasteiger partial charge in [-0.05, 0) is 47.9 Å². The summed E-state index contributed by atoms with van der Waals surface area (Å²) in [6.45, 7) is 1.83. The molecule has 0 amide bonds. The van der Waals surface area contributed by atoms with E-state index in [-0.39, 0.29) is 5.82 Å². The van der Waals surface area contributed by atoms with Crippen LogP contribution >= 0.6 is 23.2 Å². The van der Waals surface area contributed by atoms with Gasteiger partial charge in [0.1, 0.15) is 16.1 Å². The minimum atomic E-state index is -0.257. The van der Waals surface area contributed by atoms with Crippen molar-refractivity contribution in [2.75, 3.05) is 0 Å². The van der Waals surface area contributed by atoms with Crippen molar-refractivity contribution < 1.29 is 4.39 Å². The molecule has 1 heterocycles. The first-order valence-electron chi connectivity index (χ1n) is 4.66. The molecule has 0 bridgehead atoms. The third-order valence-electron chi connectivity index (χ3n) is 2.26. The Morgan fingerprint density at radius 2 is 1.69 bits per heavy atom. The van der Waals surface area contributed by atoms with Gasteiger partial charge in [0.05, 0.1) is 0 Å². The van der Waals surface area contributed by atoms with Gasteiger partial charge in [-0.15, -0.1) is 0 Å². The molecule has 0 unspecified atom stereocenters. The number of halogens is 3. The normalized spacial score (nSPS) is 10.5. The standard InChI is InChI=1S/C12H8Cl2FN/c1-7-4-9(15)2-3-10(7)8-5-11(13)16-12(14)6-8/h2-6H,1H3. The maximum absolute atomic E-state index is 13.0. The van der Waals surface area contributed by atoms with Crippen LogP contribution in [0.15, 0.2) is 30.3 Å². The molecule has 1 aromatic heterocycles. The lowest BCUT2D eigenvalue weighted by molar-refractivity contribution is 0.627. The molecule has 1 aromatic carbocycles. The molecule has 2 rings (SSSR count). The Kier molecular flexibility index (Phi) is 3.13. The van der Waals surface area contributed by atoms with Crippen LogP contribution in [0.2, 0.25) is 10.3 Å². The molecule has 1 nitrogen and oxygen atoms in total. The lowest BCUT2D eigenvalue weighted by Gasteiger charge is -2.06. The predicted molar refractivity (Wildman–Crippen MR) is 64.4 cm³/mol. The molecule has 0 aliphatic heterocycles. The van der Waals surface area contributed by atoms with Crippen LogP contribution in [0.25, 0.3) is 11.1 Å². The van der Waals surface area contributed by atoms with Crippen molar-refractivity contribution in [1.82, 2.24) is 4.98 Å². The van der Waals surface area contributed by atoms with Crippen molar-refractivity contribution in [2.45, 2.75) is 6.92 Å². The van der Waals surface area contributed by atoms with E-state index in [0.29, 0.717) is 10.3 Å². The van der Waals surface area contributed by atoms with Crippen LogP contribution in [-0.2, 0) is 0 Å². The Bertz CT molecular complexity index is 520. The molecule has 16 heavy (non-hydrogen) atoms. The van der Waals surface area contributed by atoms with E-state index in [1.165, 1.54) is 12.1 Å². The molecule has 82 valence electrons. The van der Waals surface area contributed by atoms with Gasteiger partial charge in [0, 0.05) is 0 Å². The fourth-order valence-electron chi connectivity index (χ4n) is 1.57. The van der Waals surface area contributed by atoms with Crippen molar-refractivity contribution in [3.05, 3.63) is 52.0 Å². The molecular weight excluding hydrogens is 248 g/mol. The topological polar surface area (TPSA) is 12.9 Å². The molecule has 0 atom stereocenters. The average molecular weight is 256 g/mol. The highest BCUT2D eigenvalue weighted by Crippen LogP contribution is 2.27. The van der Waals surface area contributed by atoms with Crippen molar-refractivity contribution >= 4 is 23.2 Å². The molecule has 0 N–H and O–H groups in total. The summed E-state index contributed by atoms with van der Waals surface area (Å²) < 4.78 is 13.0. The Morgan fingerprint density at radius 3 is 2.25 bits per heavy atom. The summed E-state index contributed by atoms with van der Waals surface area (Å²) >= 11 is 11.6. The zero-order chi connectivity index (χ0) is 11.7. The fraction of sp³-hybridized carbons (Fsp3) is 0.0833. The Balaban J connectivity index is 2.58. The summed E-state index contributed by atoms with van der Waals surface area (Å²) in [5.74, 6) is -0.257. The number of benzene rings is 1. The highest BCUT2D eigenvalue weighted by molar-refractivity contribution is 6.32. The van der Waals surface area contributed by atoms with E-state index in [9.17, 15) is 4.39 Å².